The molecule has 1 aromatic rings. The Bertz CT molecular complexity index is 624. The van der Waals surface area contributed by atoms with Gasteiger partial charge in [-0.1, -0.05) is 6.07 Å². The van der Waals surface area contributed by atoms with Gasteiger partial charge >= 0.3 is 6.03 Å². The predicted molar refractivity (Wildman–Crippen MR) is 117 cm³/mol. The van der Waals surface area contributed by atoms with E-state index in [1.54, 1.807) is 5.01 Å². The van der Waals surface area contributed by atoms with Gasteiger partial charge in [0.2, 0.25) is 0 Å². The fourth-order valence-corrected chi connectivity index (χ4v) is 4.19. The van der Waals surface area contributed by atoms with Gasteiger partial charge in [0, 0.05) is 19.8 Å². The van der Waals surface area contributed by atoms with Gasteiger partial charge in [-0.05, 0) is 93.8 Å². The molecule has 4 rings (SSSR count). The minimum absolute atomic E-state index is 0.139. The van der Waals surface area contributed by atoms with Crippen LogP contribution >= 0.6 is 0 Å². The van der Waals surface area contributed by atoms with Crippen LogP contribution in [0, 0.1) is 0 Å². The fourth-order valence-electron chi connectivity index (χ4n) is 4.19. The summed E-state index contributed by atoms with van der Waals surface area (Å²) in [5.74, 6) is 0. The van der Waals surface area contributed by atoms with Crippen LogP contribution in [0.4, 0.5) is 10.5 Å². The Balaban J connectivity index is 0.000000353. The van der Waals surface area contributed by atoms with Crippen LogP contribution in [0.25, 0.3) is 0 Å². The van der Waals surface area contributed by atoms with Gasteiger partial charge in [0.05, 0.1) is 0 Å². The second-order valence-electron chi connectivity index (χ2n) is 7.70. The first-order valence-corrected chi connectivity index (χ1v) is 10.2. The standard InChI is InChI=1S/C15H21N3O.C5H11N.2CH2O/c1-18(2)17-15(19)16-14-12-7-3-5-10(12)9-11-6-4-8-13(11)14;1-6-4-2-3-5-6;2*1-2/h9H,3-8H2,1-2H3,(H2,16,17,19);2-5H2,1H3;2*1H2. The Morgan fingerprint density at radius 3 is 1.76 bits per heavy atom. The minimum Gasteiger partial charge on any atom is -0.307 e. The predicted octanol–water partition coefficient (Wildman–Crippen LogP) is 2.60. The number of amides is 2. The summed E-state index contributed by atoms with van der Waals surface area (Å²) < 4.78 is 0. The van der Waals surface area contributed by atoms with Crippen molar-refractivity contribution in [2.45, 2.75) is 51.4 Å². The highest BCUT2D eigenvalue weighted by molar-refractivity contribution is 5.91. The summed E-state index contributed by atoms with van der Waals surface area (Å²) in [6.07, 6.45) is 9.76. The van der Waals surface area contributed by atoms with Crippen molar-refractivity contribution in [2.75, 3.05) is 39.5 Å². The molecule has 1 aromatic carbocycles. The van der Waals surface area contributed by atoms with Gasteiger partial charge < -0.3 is 19.8 Å². The van der Waals surface area contributed by atoms with Crippen molar-refractivity contribution >= 4 is 25.3 Å². The Morgan fingerprint density at radius 2 is 1.38 bits per heavy atom. The normalized spacial score (nSPS) is 16.3. The molecule has 0 bridgehead atoms. The Labute approximate surface area is 174 Å². The second kappa shape index (κ2) is 13.1. The van der Waals surface area contributed by atoms with Crippen LogP contribution in [0.15, 0.2) is 6.07 Å². The van der Waals surface area contributed by atoms with E-state index in [-0.39, 0.29) is 6.03 Å². The molecule has 2 amide bonds. The molecule has 1 heterocycles. The number of anilines is 1. The number of aryl methyl sites for hydroxylation is 2. The number of benzene rings is 1. The van der Waals surface area contributed by atoms with Crippen LogP contribution in [0.1, 0.15) is 47.9 Å². The zero-order chi connectivity index (χ0) is 21.8. The quantitative estimate of drug-likeness (QED) is 0.741. The number of hydrogen-bond acceptors (Lipinski definition) is 5. The molecule has 1 saturated heterocycles. The summed E-state index contributed by atoms with van der Waals surface area (Å²) in [4.78, 5) is 30.3. The number of hydrogen-bond donors (Lipinski definition) is 2. The van der Waals surface area contributed by atoms with Gasteiger partial charge in [0.15, 0.2) is 0 Å². The maximum absolute atomic E-state index is 12.0. The lowest BCUT2D eigenvalue weighted by molar-refractivity contribution is -0.0987. The van der Waals surface area contributed by atoms with E-state index in [4.69, 9.17) is 9.59 Å². The third-order valence-electron chi connectivity index (χ3n) is 5.37. The lowest BCUT2D eigenvalue weighted by Crippen LogP contribution is -2.39. The first-order valence-electron chi connectivity index (χ1n) is 10.2. The van der Waals surface area contributed by atoms with Crippen molar-refractivity contribution < 1.29 is 14.4 Å². The Morgan fingerprint density at radius 1 is 0.897 bits per heavy atom. The Kier molecular flexibility index (Phi) is 11.2. The zero-order valence-electron chi connectivity index (χ0n) is 18.2. The van der Waals surface area contributed by atoms with Gasteiger partial charge in [0.1, 0.15) is 13.6 Å². The summed E-state index contributed by atoms with van der Waals surface area (Å²) in [5.41, 5.74) is 9.49. The topological polar surface area (TPSA) is 81.8 Å². The number of fused-ring (bicyclic) bond motifs is 2. The molecule has 0 radical (unpaired) electrons. The van der Waals surface area contributed by atoms with E-state index in [1.165, 1.54) is 61.0 Å². The van der Waals surface area contributed by atoms with E-state index in [1.807, 2.05) is 27.7 Å². The summed E-state index contributed by atoms with van der Waals surface area (Å²) in [6.45, 7) is 6.64. The van der Waals surface area contributed by atoms with Gasteiger partial charge in [0.25, 0.3) is 0 Å². The molecule has 0 aromatic heterocycles. The molecule has 1 aliphatic heterocycles. The highest BCUT2D eigenvalue weighted by Crippen LogP contribution is 2.38. The van der Waals surface area contributed by atoms with E-state index in [9.17, 15) is 4.79 Å². The van der Waals surface area contributed by atoms with Gasteiger partial charge in [-0.25, -0.2) is 9.80 Å². The number of carbonyl (C=O) groups excluding carboxylic acids is 3. The highest BCUT2D eigenvalue weighted by atomic mass is 16.2. The minimum atomic E-state index is -0.139. The Hall–Kier alpha value is -2.25. The molecule has 0 atom stereocenters. The van der Waals surface area contributed by atoms with Crippen LogP contribution in [0.5, 0.6) is 0 Å². The number of likely N-dealkylation sites (tertiary alicyclic amines) is 1. The molecule has 7 nitrogen and oxygen atoms in total. The number of nitrogens with zero attached hydrogens (tertiary/aromatic N) is 2. The molecule has 0 spiro atoms. The molecular weight excluding hydrogens is 368 g/mol. The van der Waals surface area contributed by atoms with Crippen LogP contribution < -0.4 is 10.7 Å². The van der Waals surface area contributed by atoms with E-state index in [0.717, 1.165) is 31.4 Å². The maximum atomic E-state index is 12.0. The highest BCUT2D eigenvalue weighted by Gasteiger charge is 2.24. The summed E-state index contributed by atoms with van der Waals surface area (Å²) in [7, 11) is 5.81. The van der Waals surface area contributed by atoms with Gasteiger partial charge in [-0.2, -0.15) is 0 Å². The summed E-state index contributed by atoms with van der Waals surface area (Å²) >= 11 is 0. The van der Waals surface area contributed by atoms with Gasteiger partial charge in [-0.3, -0.25) is 5.43 Å². The molecule has 29 heavy (non-hydrogen) atoms. The molecule has 2 N–H and O–H groups in total. The van der Waals surface area contributed by atoms with Crippen LogP contribution in [0.3, 0.4) is 0 Å². The molecule has 7 heteroatoms. The maximum Gasteiger partial charge on any atom is 0.333 e. The first kappa shape index (κ1) is 24.8. The van der Waals surface area contributed by atoms with Crippen molar-refractivity contribution in [1.82, 2.24) is 15.3 Å². The van der Waals surface area contributed by atoms with Gasteiger partial charge in [-0.15, -0.1) is 0 Å². The average molecular weight is 405 g/mol. The lowest BCUT2D eigenvalue weighted by Gasteiger charge is -2.18. The van der Waals surface area contributed by atoms with Crippen molar-refractivity contribution in [2.24, 2.45) is 0 Å². The number of carbonyl (C=O) groups is 3. The molecular formula is C22H36N4O3. The number of urea groups is 1. The smallest absolute Gasteiger partial charge is 0.307 e. The van der Waals surface area contributed by atoms with E-state index < -0.39 is 0 Å². The second-order valence-corrected chi connectivity index (χ2v) is 7.70. The first-order chi connectivity index (χ1) is 14.0. The lowest BCUT2D eigenvalue weighted by atomic mass is 9.99. The van der Waals surface area contributed by atoms with Crippen LogP contribution in [0.2, 0.25) is 0 Å². The SMILES string of the molecule is C=O.C=O.CN(C)NC(=O)Nc1c2c(cc3c1CCC3)CCC2.CN1CCCC1. The number of rotatable bonds is 2. The molecule has 162 valence electrons. The molecule has 0 saturated carbocycles. The number of hydrazine groups is 1. The van der Waals surface area contributed by atoms with E-state index in [0.29, 0.717) is 0 Å². The fraction of sp³-hybridized carbons (Fsp3) is 0.591. The van der Waals surface area contributed by atoms with E-state index >= 15 is 0 Å². The number of nitrogens with one attached hydrogen (secondary N) is 2. The average Bonchev–Trinajstić information content (AvgIpc) is 3.46. The zero-order valence-corrected chi connectivity index (χ0v) is 18.2. The van der Waals surface area contributed by atoms with E-state index in [2.05, 4.69) is 28.8 Å². The van der Waals surface area contributed by atoms with Crippen molar-refractivity contribution in [3.05, 3.63) is 28.3 Å². The third kappa shape index (κ3) is 7.25. The molecule has 2 aliphatic carbocycles. The molecule has 1 fully saturated rings. The summed E-state index contributed by atoms with van der Waals surface area (Å²) in [5, 5.41) is 4.75. The summed E-state index contributed by atoms with van der Waals surface area (Å²) in [6, 6.07) is 2.24. The van der Waals surface area contributed by atoms with Crippen molar-refractivity contribution in [3.8, 4) is 0 Å². The van der Waals surface area contributed by atoms with Crippen LogP contribution in [-0.2, 0) is 35.3 Å². The monoisotopic (exact) mass is 404 g/mol. The molecule has 3 aliphatic rings. The molecule has 0 unspecified atom stereocenters. The van der Waals surface area contributed by atoms with Crippen molar-refractivity contribution in [1.29, 1.82) is 0 Å². The van der Waals surface area contributed by atoms with Crippen LogP contribution in [-0.4, -0.2) is 63.8 Å². The third-order valence-corrected chi connectivity index (χ3v) is 5.37. The van der Waals surface area contributed by atoms with Crippen molar-refractivity contribution in [3.63, 3.8) is 0 Å². The largest absolute Gasteiger partial charge is 0.333 e.